The minimum absolute atomic E-state index is 0.202. The zero-order chi connectivity index (χ0) is 30.1. The van der Waals surface area contributed by atoms with E-state index in [0.29, 0.717) is 32.9 Å². The third kappa shape index (κ3) is 5.35. The van der Waals surface area contributed by atoms with E-state index in [9.17, 15) is 9.59 Å². The largest absolute Gasteiger partial charge is 0.494 e. The van der Waals surface area contributed by atoms with E-state index < -0.39 is 6.04 Å². The van der Waals surface area contributed by atoms with Crippen LogP contribution in [0.25, 0.3) is 11.8 Å². The summed E-state index contributed by atoms with van der Waals surface area (Å²) in [7, 11) is 0. The fourth-order valence-electron chi connectivity index (χ4n) is 5.52. The van der Waals surface area contributed by atoms with Gasteiger partial charge in [0.15, 0.2) is 4.80 Å². The summed E-state index contributed by atoms with van der Waals surface area (Å²) >= 11 is 1.32. The first-order valence-corrected chi connectivity index (χ1v) is 14.9. The molecule has 1 atom stereocenters. The summed E-state index contributed by atoms with van der Waals surface area (Å²) in [5.41, 5.74) is 6.16. The summed E-state index contributed by atoms with van der Waals surface area (Å²) in [6, 6.07) is 22.1. The molecule has 216 valence electrons. The first-order valence-electron chi connectivity index (χ1n) is 14.1. The predicted molar refractivity (Wildman–Crippen MR) is 169 cm³/mol. The van der Waals surface area contributed by atoms with Gasteiger partial charge in [-0.25, -0.2) is 4.99 Å². The number of nitrogens with zero attached hydrogens (tertiary/aromatic N) is 4. The number of rotatable bonds is 7. The van der Waals surface area contributed by atoms with Gasteiger partial charge >= 0.3 is 0 Å². The number of aromatic nitrogens is 3. The van der Waals surface area contributed by atoms with Crippen molar-refractivity contribution in [3.63, 3.8) is 0 Å². The fourth-order valence-corrected chi connectivity index (χ4v) is 6.56. The summed E-state index contributed by atoms with van der Waals surface area (Å²) in [4.78, 5) is 37.5. The molecule has 8 nitrogen and oxygen atoms in total. The number of aryl methyl sites for hydroxylation is 1. The van der Waals surface area contributed by atoms with E-state index in [1.54, 1.807) is 10.8 Å². The van der Waals surface area contributed by atoms with Crippen molar-refractivity contribution < 1.29 is 9.53 Å². The van der Waals surface area contributed by atoms with Gasteiger partial charge in [-0.05, 0) is 87.4 Å². The summed E-state index contributed by atoms with van der Waals surface area (Å²) < 4.78 is 9.95. The highest BCUT2D eigenvalue weighted by atomic mass is 32.1. The van der Waals surface area contributed by atoms with Crippen molar-refractivity contribution in [2.45, 2.75) is 33.7 Å². The number of anilines is 1. The number of fused-ring (bicyclic) bond motifs is 1. The van der Waals surface area contributed by atoms with E-state index in [1.807, 2.05) is 107 Å². The van der Waals surface area contributed by atoms with Crippen LogP contribution in [0.2, 0.25) is 0 Å². The molecule has 0 saturated heterocycles. The molecule has 0 saturated carbocycles. The van der Waals surface area contributed by atoms with Gasteiger partial charge < -0.3 is 14.6 Å². The Morgan fingerprint density at radius 2 is 1.81 bits per heavy atom. The standard InChI is InChI=1S/C34H31N5O3S/c1-5-42-28-15-13-24(14-16-28)31-30(32(40)37-26-10-7-6-8-11-26)22(3)36-34-39(31)33(41)29(43-34)19-25-18-21(2)38(23(25)4)27-12-9-17-35-20-27/h6-20,31H,5H2,1-4H3,(H,37,40)/b29-19+/t31-/m0/s1. The van der Waals surface area contributed by atoms with Gasteiger partial charge in [0.1, 0.15) is 5.75 Å². The van der Waals surface area contributed by atoms with Gasteiger partial charge in [0, 0.05) is 23.3 Å². The molecular formula is C34H31N5O3S. The van der Waals surface area contributed by atoms with E-state index in [-0.39, 0.29) is 11.5 Å². The van der Waals surface area contributed by atoms with Crippen LogP contribution in [0, 0.1) is 13.8 Å². The number of carbonyl (C=O) groups excluding carboxylic acids is 1. The Bertz CT molecular complexity index is 2020. The van der Waals surface area contributed by atoms with Crippen molar-refractivity contribution in [2.75, 3.05) is 11.9 Å². The first kappa shape index (κ1) is 28.1. The maximum absolute atomic E-state index is 14.2. The monoisotopic (exact) mass is 589 g/mol. The third-order valence-electron chi connectivity index (χ3n) is 7.47. The topological polar surface area (TPSA) is 90.5 Å². The van der Waals surface area contributed by atoms with Crippen LogP contribution in [0.5, 0.6) is 5.75 Å². The number of amides is 1. The molecule has 1 aliphatic rings. The molecule has 9 heteroatoms. The Morgan fingerprint density at radius 1 is 1.05 bits per heavy atom. The molecule has 5 aromatic rings. The average Bonchev–Trinajstić information content (AvgIpc) is 3.47. The zero-order valence-corrected chi connectivity index (χ0v) is 25.2. The highest BCUT2D eigenvalue weighted by molar-refractivity contribution is 7.07. The van der Waals surface area contributed by atoms with Crippen LogP contribution in [0.15, 0.2) is 106 Å². The van der Waals surface area contributed by atoms with Crippen molar-refractivity contribution in [3.05, 3.63) is 139 Å². The number of pyridine rings is 1. The van der Waals surface area contributed by atoms with Crippen LogP contribution in [0.3, 0.4) is 0 Å². The smallest absolute Gasteiger partial charge is 0.271 e. The third-order valence-corrected chi connectivity index (χ3v) is 8.45. The SMILES string of the molecule is CCOc1ccc([C@H]2C(C(=O)Nc3ccccc3)=C(C)N=c3s/c(=C/c4cc(C)n(-c5cccnc5)c4C)c(=O)n32)cc1. The zero-order valence-electron chi connectivity index (χ0n) is 24.4. The highest BCUT2D eigenvalue weighted by Crippen LogP contribution is 2.32. The summed E-state index contributed by atoms with van der Waals surface area (Å²) in [5, 5.41) is 2.99. The molecule has 43 heavy (non-hydrogen) atoms. The lowest BCUT2D eigenvalue weighted by molar-refractivity contribution is -0.113. The van der Waals surface area contributed by atoms with E-state index >= 15 is 0 Å². The summed E-state index contributed by atoms with van der Waals surface area (Å²) in [6.45, 7) is 8.35. The number of para-hydroxylation sites is 1. The van der Waals surface area contributed by atoms with Crippen LogP contribution in [-0.4, -0.2) is 26.6 Å². The van der Waals surface area contributed by atoms with E-state index in [2.05, 4.69) is 20.9 Å². The maximum Gasteiger partial charge on any atom is 0.271 e. The number of thiazole rings is 1. The second-order valence-electron chi connectivity index (χ2n) is 10.3. The van der Waals surface area contributed by atoms with E-state index in [4.69, 9.17) is 9.73 Å². The number of benzene rings is 2. The predicted octanol–water partition coefficient (Wildman–Crippen LogP) is 5.08. The van der Waals surface area contributed by atoms with Gasteiger partial charge in [0.05, 0.1) is 40.3 Å². The Balaban J connectivity index is 1.49. The van der Waals surface area contributed by atoms with Crippen molar-refractivity contribution in [3.8, 4) is 11.4 Å². The van der Waals surface area contributed by atoms with Gasteiger partial charge in [-0.15, -0.1) is 0 Å². The molecule has 1 amide bonds. The normalized spacial score (nSPS) is 14.8. The van der Waals surface area contributed by atoms with Crippen molar-refractivity contribution in [2.24, 2.45) is 4.99 Å². The highest BCUT2D eigenvalue weighted by Gasteiger charge is 2.32. The minimum atomic E-state index is -0.666. The molecule has 3 aromatic heterocycles. The van der Waals surface area contributed by atoms with Crippen LogP contribution < -0.4 is 24.9 Å². The van der Waals surface area contributed by atoms with Crippen molar-refractivity contribution >= 4 is 29.0 Å². The maximum atomic E-state index is 14.2. The lowest BCUT2D eigenvalue weighted by Gasteiger charge is -2.25. The molecule has 0 bridgehead atoms. The number of ether oxygens (including phenoxy) is 1. The number of hydrogen-bond acceptors (Lipinski definition) is 6. The lowest BCUT2D eigenvalue weighted by atomic mass is 9.95. The number of nitrogens with one attached hydrogen (secondary N) is 1. The number of carbonyl (C=O) groups is 1. The Hall–Kier alpha value is -5.02. The molecule has 2 aromatic carbocycles. The summed E-state index contributed by atoms with van der Waals surface area (Å²) in [6.07, 6.45) is 5.48. The molecule has 0 spiro atoms. The van der Waals surface area contributed by atoms with Crippen molar-refractivity contribution in [1.82, 2.24) is 14.1 Å². The fraction of sp³-hybridized carbons (Fsp3) is 0.176. The quantitative estimate of drug-likeness (QED) is 0.287. The van der Waals surface area contributed by atoms with Crippen LogP contribution >= 0.6 is 11.3 Å². The van der Waals surface area contributed by atoms with Gasteiger partial charge in [0.25, 0.3) is 11.5 Å². The van der Waals surface area contributed by atoms with Crippen molar-refractivity contribution in [1.29, 1.82) is 0 Å². The molecule has 0 unspecified atom stereocenters. The molecular weight excluding hydrogens is 558 g/mol. The molecule has 4 heterocycles. The molecule has 0 radical (unpaired) electrons. The van der Waals surface area contributed by atoms with E-state index in [1.165, 1.54) is 11.3 Å². The second-order valence-corrected chi connectivity index (χ2v) is 11.3. The summed E-state index contributed by atoms with van der Waals surface area (Å²) in [5.74, 6) is 0.416. The Kier molecular flexibility index (Phi) is 7.65. The van der Waals surface area contributed by atoms with Gasteiger partial charge in [-0.3, -0.25) is 19.1 Å². The van der Waals surface area contributed by atoms with Gasteiger partial charge in [-0.2, -0.15) is 0 Å². The minimum Gasteiger partial charge on any atom is -0.494 e. The second kappa shape index (κ2) is 11.7. The van der Waals surface area contributed by atoms with E-state index in [0.717, 1.165) is 34.0 Å². The van der Waals surface area contributed by atoms with Gasteiger partial charge in [0.2, 0.25) is 0 Å². The number of allylic oxidation sites excluding steroid dienone is 1. The van der Waals surface area contributed by atoms with Gasteiger partial charge in [-0.1, -0.05) is 41.7 Å². The van der Waals surface area contributed by atoms with Crippen LogP contribution in [0.1, 0.15) is 42.4 Å². The molecule has 6 rings (SSSR count). The first-order chi connectivity index (χ1) is 20.9. The lowest BCUT2D eigenvalue weighted by Crippen LogP contribution is -2.40. The molecule has 0 aliphatic carbocycles. The molecule has 1 aliphatic heterocycles. The molecule has 0 fully saturated rings. The molecule has 1 N–H and O–H groups in total. The van der Waals surface area contributed by atoms with Crippen LogP contribution in [0.4, 0.5) is 5.69 Å². The Morgan fingerprint density at radius 3 is 2.51 bits per heavy atom. The number of hydrogen-bond donors (Lipinski definition) is 1. The van der Waals surface area contributed by atoms with Crippen LogP contribution in [-0.2, 0) is 4.79 Å². The Labute approximate surface area is 253 Å². The average molecular weight is 590 g/mol.